The normalized spacial score (nSPS) is 10.9. The van der Waals surface area contributed by atoms with Crippen molar-refractivity contribution in [1.29, 1.82) is 0 Å². The Morgan fingerprint density at radius 1 is 0.971 bits per heavy atom. The molecule has 1 amide bonds. The molecule has 184 valence electrons. The molecule has 0 atom stereocenters. The minimum absolute atomic E-state index is 0.0724. The summed E-state index contributed by atoms with van der Waals surface area (Å²) in [6, 6.07) is 12.3. The van der Waals surface area contributed by atoms with Crippen LogP contribution in [0, 0.1) is 0 Å². The molecule has 0 fully saturated rings. The number of hydrogen-bond acceptors (Lipinski definition) is 8. The van der Waals surface area contributed by atoms with Gasteiger partial charge < -0.3 is 14.8 Å². The maximum Gasteiger partial charge on any atom is 0.338 e. The molecule has 0 aliphatic rings. The average Bonchev–Trinajstić information content (AvgIpc) is 2.85. The maximum absolute atomic E-state index is 12.7. The number of aromatic nitrogens is 2. The fraction of sp³-hybridized carbons (Fsp3) is 0.182. The van der Waals surface area contributed by atoms with E-state index in [1.807, 2.05) is 0 Å². The molecular formula is C22H22N4O8S. The van der Waals surface area contributed by atoms with E-state index in [-0.39, 0.29) is 16.3 Å². The minimum atomic E-state index is -4.02. The third-order valence-corrected chi connectivity index (χ3v) is 6.23. The second-order valence-electron chi connectivity index (χ2n) is 7.25. The highest BCUT2D eigenvalue weighted by Gasteiger charge is 2.18. The van der Waals surface area contributed by atoms with Gasteiger partial charge >= 0.3 is 11.7 Å². The standard InChI is InChI=1S/C22H22N4O8S/c1-25-18(12-20(28)26(2)22(25)30)23-19(27)13-34-21(29)14-5-4-6-17(11-14)35(31,32)24-15-7-9-16(33-3)10-8-15/h4-12,24H,13H2,1-3H3,(H,23,27). The number of rotatable bonds is 8. The molecule has 0 spiro atoms. The van der Waals surface area contributed by atoms with Crippen LogP contribution in [0.15, 0.2) is 69.1 Å². The van der Waals surface area contributed by atoms with E-state index in [1.165, 1.54) is 51.5 Å². The first-order valence-electron chi connectivity index (χ1n) is 10.0. The van der Waals surface area contributed by atoms with Gasteiger partial charge in [0.2, 0.25) is 0 Å². The van der Waals surface area contributed by atoms with Gasteiger partial charge in [0.05, 0.1) is 17.6 Å². The lowest BCUT2D eigenvalue weighted by atomic mass is 10.2. The highest BCUT2D eigenvalue weighted by atomic mass is 32.2. The fourth-order valence-electron chi connectivity index (χ4n) is 2.91. The lowest BCUT2D eigenvalue weighted by molar-refractivity contribution is -0.119. The van der Waals surface area contributed by atoms with Crippen LogP contribution >= 0.6 is 0 Å². The molecule has 0 aliphatic carbocycles. The Morgan fingerprint density at radius 2 is 1.66 bits per heavy atom. The molecule has 13 heteroatoms. The molecule has 1 heterocycles. The van der Waals surface area contributed by atoms with Crippen molar-refractivity contribution in [1.82, 2.24) is 9.13 Å². The van der Waals surface area contributed by atoms with Crippen LogP contribution in [0.25, 0.3) is 0 Å². The van der Waals surface area contributed by atoms with Gasteiger partial charge in [0.15, 0.2) is 6.61 Å². The van der Waals surface area contributed by atoms with Gasteiger partial charge in [-0.15, -0.1) is 0 Å². The Hall–Kier alpha value is -4.39. The van der Waals surface area contributed by atoms with E-state index in [0.29, 0.717) is 11.4 Å². The van der Waals surface area contributed by atoms with Gasteiger partial charge in [-0.2, -0.15) is 0 Å². The quantitative estimate of drug-likeness (QED) is 0.426. The van der Waals surface area contributed by atoms with Gasteiger partial charge in [-0.05, 0) is 42.5 Å². The number of carbonyl (C=O) groups is 2. The van der Waals surface area contributed by atoms with Crippen LogP contribution in [-0.2, 0) is 33.7 Å². The zero-order valence-electron chi connectivity index (χ0n) is 19.0. The van der Waals surface area contributed by atoms with Gasteiger partial charge in [-0.25, -0.2) is 18.0 Å². The number of carbonyl (C=O) groups excluding carboxylic acids is 2. The first-order chi connectivity index (χ1) is 16.5. The number of amides is 1. The zero-order chi connectivity index (χ0) is 25.8. The Bertz CT molecular complexity index is 1490. The lowest BCUT2D eigenvalue weighted by Crippen LogP contribution is -2.38. The second kappa shape index (κ2) is 10.3. The van der Waals surface area contributed by atoms with Crippen LogP contribution in [0.3, 0.4) is 0 Å². The molecule has 0 unspecified atom stereocenters. The van der Waals surface area contributed by atoms with E-state index >= 15 is 0 Å². The van der Waals surface area contributed by atoms with E-state index in [0.717, 1.165) is 21.3 Å². The molecule has 35 heavy (non-hydrogen) atoms. The maximum atomic E-state index is 12.7. The number of hydrogen-bond donors (Lipinski definition) is 2. The number of nitrogens with one attached hydrogen (secondary N) is 2. The predicted molar refractivity (Wildman–Crippen MR) is 126 cm³/mol. The molecule has 3 aromatic rings. The van der Waals surface area contributed by atoms with Crippen LogP contribution in [-0.4, -0.2) is 43.1 Å². The van der Waals surface area contributed by atoms with E-state index in [4.69, 9.17) is 9.47 Å². The van der Waals surface area contributed by atoms with Crippen LogP contribution in [0.4, 0.5) is 11.5 Å². The number of sulfonamides is 1. The minimum Gasteiger partial charge on any atom is -0.497 e. The summed E-state index contributed by atoms with van der Waals surface area (Å²) in [5, 5.41) is 2.32. The number of methoxy groups -OCH3 is 1. The summed E-state index contributed by atoms with van der Waals surface area (Å²) in [5.41, 5.74) is -1.08. The number of esters is 1. The summed E-state index contributed by atoms with van der Waals surface area (Å²) in [5.74, 6) is -1.26. The van der Waals surface area contributed by atoms with E-state index in [9.17, 15) is 27.6 Å². The Morgan fingerprint density at radius 3 is 2.31 bits per heavy atom. The summed E-state index contributed by atoms with van der Waals surface area (Å²) >= 11 is 0. The van der Waals surface area contributed by atoms with Crippen molar-refractivity contribution in [2.45, 2.75) is 4.90 Å². The summed E-state index contributed by atoms with van der Waals surface area (Å²) < 4.78 is 39.7. The van der Waals surface area contributed by atoms with Crippen LogP contribution < -0.4 is 26.0 Å². The first-order valence-corrected chi connectivity index (χ1v) is 11.5. The number of anilines is 2. The van der Waals surface area contributed by atoms with Crippen molar-refractivity contribution in [2.24, 2.45) is 14.1 Å². The predicted octanol–water partition coefficient (Wildman–Crippen LogP) is 0.689. The molecule has 1 aromatic heterocycles. The Balaban J connectivity index is 1.67. The van der Waals surface area contributed by atoms with Crippen molar-refractivity contribution in [2.75, 3.05) is 23.8 Å². The molecule has 0 saturated carbocycles. The van der Waals surface area contributed by atoms with Gasteiger partial charge in [0.25, 0.3) is 21.5 Å². The molecule has 0 aliphatic heterocycles. The van der Waals surface area contributed by atoms with Crippen molar-refractivity contribution >= 4 is 33.4 Å². The van der Waals surface area contributed by atoms with E-state index in [1.54, 1.807) is 12.1 Å². The fourth-order valence-corrected chi connectivity index (χ4v) is 4.01. The van der Waals surface area contributed by atoms with Crippen LogP contribution in [0.1, 0.15) is 10.4 Å². The number of ether oxygens (including phenoxy) is 2. The third-order valence-electron chi connectivity index (χ3n) is 4.85. The highest BCUT2D eigenvalue weighted by molar-refractivity contribution is 7.92. The molecule has 0 saturated heterocycles. The van der Waals surface area contributed by atoms with Crippen LogP contribution in [0.5, 0.6) is 5.75 Å². The number of nitrogens with zero attached hydrogens (tertiary/aromatic N) is 2. The van der Waals surface area contributed by atoms with Gasteiger partial charge in [0, 0.05) is 25.8 Å². The molecule has 2 N–H and O–H groups in total. The largest absolute Gasteiger partial charge is 0.497 e. The molecular weight excluding hydrogens is 480 g/mol. The molecule has 3 rings (SSSR count). The number of benzene rings is 2. The van der Waals surface area contributed by atoms with Crippen molar-refractivity contribution in [3.8, 4) is 5.75 Å². The monoisotopic (exact) mass is 502 g/mol. The van der Waals surface area contributed by atoms with Gasteiger partial charge in [-0.1, -0.05) is 6.07 Å². The molecule has 12 nitrogen and oxygen atoms in total. The summed E-state index contributed by atoms with van der Waals surface area (Å²) in [4.78, 5) is 48.0. The lowest BCUT2D eigenvalue weighted by Gasteiger charge is -2.11. The highest BCUT2D eigenvalue weighted by Crippen LogP contribution is 2.20. The first kappa shape index (κ1) is 25.2. The molecule has 0 radical (unpaired) electrons. The smallest absolute Gasteiger partial charge is 0.338 e. The summed E-state index contributed by atoms with van der Waals surface area (Å²) in [7, 11) is 0.114. The van der Waals surface area contributed by atoms with Crippen LogP contribution in [0.2, 0.25) is 0 Å². The van der Waals surface area contributed by atoms with Gasteiger partial charge in [0.1, 0.15) is 11.6 Å². The zero-order valence-corrected chi connectivity index (χ0v) is 19.8. The van der Waals surface area contributed by atoms with Gasteiger partial charge in [-0.3, -0.25) is 23.4 Å². The van der Waals surface area contributed by atoms with E-state index in [2.05, 4.69) is 10.0 Å². The topological polar surface area (TPSA) is 155 Å². The van der Waals surface area contributed by atoms with Crippen molar-refractivity contribution in [3.63, 3.8) is 0 Å². The molecule has 0 bridgehead atoms. The summed E-state index contributed by atoms with van der Waals surface area (Å²) in [6.45, 7) is -0.733. The molecule has 2 aromatic carbocycles. The van der Waals surface area contributed by atoms with E-state index < -0.39 is 39.8 Å². The Labute approximate surface area is 199 Å². The van der Waals surface area contributed by atoms with Crippen molar-refractivity contribution < 1.29 is 27.5 Å². The second-order valence-corrected chi connectivity index (χ2v) is 8.94. The van der Waals surface area contributed by atoms with Crippen molar-refractivity contribution in [3.05, 3.63) is 81.0 Å². The SMILES string of the molecule is COc1ccc(NS(=O)(=O)c2cccc(C(=O)OCC(=O)Nc3cc(=O)n(C)c(=O)n3C)c2)cc1. The summed E-state index contributed by atoms with van der Waals surface area (Å²) in [6.07, 6.45) is 0. The average molecular weight is 503 g/mol. The Kier molecular flexibility index (Phi) is 7.40. The third kappa shape index (κ3) is 5.95.